The topological polar surface area (TPSA) is 108 Å². The van der Waals surface area contributed by atoms with E-state index in [4.69, 9.17) is 18.9 Å². The van der Waals surface area contributed by atoms with Crippen molar-refractivity contribution in [2.24, 2.45) is 0 Å². The molecular weight excluding hydrogens is 1100 g/mol. The second-order valence-corrected chi connectivity index (χ2v) is 25.5. The fourth-order valence-electron chi connectivity index (χ4n) is 10.2. The van der Waals surface area contributed by atoms with Crippen LogP contribution in [0.5, 0.6) is 0 Å². The first kappa shape index (κ1) is 84.7. The minimum Gasteiger partial charge on any atom is -0.477 e. The Balaban J connectivity index is 4.04. The quantitative estimate of drug-likeness (QED) is 0.0211. The van der Waals surface area contributed by atoms with Crippen molar-refractivity contribution in [2.45, 2.75) is 322 Å². The summed E-state index contributed by atoms with van der Waals surface area (Å²) < 4.78 is 23.0. The fourth-order valence-corrected chi connectivity index (χ4v) is 10.2. The predicted octanol–water partition coefficient (Wildman–Crippen LogP) is 23.1. The molecule has 0 aliphatic heterocycles. The van der Waals surface area contributed by atoms with E-state index in [9.17, 15) is 19.5 Å². The smallest absolute Gasteiger partial charge is 0.361 e. The number of ether oxygens (including phenoxy) is 4. The van der Waals surface area contributed by atoms with Gasteiger partial charge < -0.3 is 28.5 Å². The first-order valence-electron chi connectivity index (χ1n) is 36.7. The largest absolute Gasteiger partial charge is 0.477 e. The minimum atomic E-state index is -1.52. The molecule has 2 unspecified atom stereocenters. The molecular formula is C80H138NO8+. The summed E-state index contributed by atoms with van der Waals surface area (Å²) in [6, 6.07) is 0. The zero-order valence-corrected chi connectivity index (χ0v) is 58.3. The molecule has 9 heteroatoms. The number of carboxylic acid groups (broad SMARTS) is 1. The molecule has 0 amide bonds. The molecule has 0 saturated heterocycles. The van der Waals surface area contributed by atoms with Crippen LogP contribution in [0.15, 0.2) is 122 Å². The number of hydrogen-bond donors (Lipinski definition) is 1. The molecule has 0 aromatic rings. The van der Waals surface area contributed by atoms with E-state index in [2.05, 4.69) is 135 Å². The van der Waals surface area contributed by atoms with E-state index in [0.29, 0.717) is 23.9 Å². The Bertz CT molecular complexity index is 1880. The molecule has 0 radical (unpaired) electrons. The molecule has 0 aliphatic rings. The molecule has 510 valence electrons. The van der Waals surface area contributed by atoms with Gasteiger partial charge in [0.05, 0.1) is 34.4 Å². The van der Waals surface area contributed by atoms with Crippen molar-refractivity contribution in [3.05, 3.63) is 122 Å². The highest BCUT2D eigenvalue weighted by Crippen LogP contribution is 2.18. The van der Waals surface area contributed by atoms with E-state index >= 15 is 0 Å². The van der Waals surface area contributed by atoms with Gasteiger partial charge in [-0.05, 0) is 103 Å². The highest BCUT2D eigenvalue weighted by molar-refractivity contribution is 5.71. The van der Waals surface area contributed by atoms with Crippen LogP contribution in [0.3, 0.4) is 0 Å². The number of carbonyl (C=O) groups excluding carboxylic acids is 2. The normalized spacial score (nSPS) is 13.4. The van der Waals surface area contributed by atoms with Crippen LogP contribution in [-0.2, 0) is 33.3 Å². The van der Waals surface area contributed by atoms with Crippen LogP contribution < -0.4 is 0 Å². The average molecular weight is 1240 g/mol. The van der Waals surface area contributed by atoms with Crippen molar-refractivity contribution >= 4 is 17.9 Å². The van der Waals surface area contributed by atoms with Crippen molar-refractivity contribution in [1.82, 2.24) is 0 Å². The predicted molar refractivity (Wildman–Crippen MR) is 382 cm³/mol. The van der Waals surface area contributed by atoms with Gasteiger partial charge in [-0.25, -0.2) is 4.79 Å². The number of quaternary nitrogens is 1. The minimum absolute atomic E-state index is 0.181. The number of hydrogen-bond acceptors (Lipinski definition) is 7. The second-order valence-electron chi connectivity index (χ2n) is 25.5. The molecule has 0 spiro atoms. The van der Waals surface area contributed by atoms with Crippen LogP contribution >= 0.6 is 0 Å². The van der Waals surface area contributed by atoms with Gasteiger partial charge in [0, 0.05) is 12.8 Å². The summed E-state index contributed by atoms with van der Waals surface area (Å²) in [6.45, 7) is 4.65. The summed E-state index contributed by atoms with van der Waals surface area (Å²) >= 11 is 0. The highest BCUT2D eigenvalue weighted by Gasteiger charge is 2.25. The Morgan fingerprint density at radius 1 is 0.337 bits per heavy atom. The molecule has 0 aromatic carbocycles. The first-order valence-corrected chi connectivity index (χ1v) is 36.7. The van der Waals surface area contributed by atoms with Gasteiger partial charge in [-0.1, -0.05) is 315 Å². The summed E-state index contributed by atoms with van der Waals surface area (Å²) in [4.78, 5) is 37.6. The molecule has 0 bridgehead atoms. The van der Waals surface area contributed by atoms with Gasteiger partial charge >= 0.3 is 17.9 Å². The molecule has 9 nitrogen and oxygen atoms in total. The van der Waals surface area contributed by atoms with Gasteiger partial charge in [0.15, 0.2) is 6.10 Å². The van der Waals surface area contributed by atoms with Gasteiger partial charge in [0.2, 0.25) is 0 Å². The number of aliphatic carboxylic acids is 1. The lowest BCUT2D eigenvalue weighted by Gasteiger charge is -2.25. The SMILES string of the molecule is CC/C=C\C/C=C\C/C=C\C/C=C\C/C=C\C/C=C\CCCCCCCCC(=O)OC(COC(=O)CCCCCCCCCCCCCCCCCCCCCCCCCCCC/C=C\C/C=C\C/C=C\C/C=C\CC)COC(OCC[N+](C)(C)C)C(=O)O. The standard InChI is InChI=1S/C80H137NO8/c1-6-8-10-12-14-16-18-20-22-24-26-28-30-32-33-34-35-36-37-38-39-40-41-42-43-44-45-47-48-50-52-54-56-58-60-62-64-66-68-70-77(82)87-74-76(75-88-80(79(84)85)86-73-72-81(3,4)5)89-78(83)71-69-67-65-63-61-59-57-55-53-51-49-46-31-29-27-25-23-21-19-17-15-13-11-9-7-2/h8-11,14-17,20-23,26-29,46,49,53,55,76,80H,6-7,12-13,18-19,24-25,30-45,47-48,50-52,54,56-75H2,1-5H3/p+1/b10-8-,11-9-,16-14-,17-15-,22-20-,23-21-,28-26-,29-27-,49-46-,55-53-. The van der Waals surface area contributed by atoms with E-state index in [1.807, 2.05) is 21.1 Å². The van der Waals surface area contributed by atoms with E-state index in [0.717, 1.165) is 122 Å². The van der Waals surface area contributed by atoms with Crippen LogP contribution in [0.2, 0.25) is 0 Å². The van der Waals surface area contributed by atoms with Gasteiger partial charge in [-0.2, -0.15) is 0 Å². The van der Waals surface area contributed by atoms with Crippen LogP contribution in [0.1, 0.15) is 309 Å². The van der Waals surface area contributed by atoms with E-state index in [-0.39, 0.29) is 32.2 Å². The summed E-state index contributed by atoms with van der Waals surface area (Å²) in [5, 5.41) is 9.75. The maximum Gasteiger partial charge on any atom is 0.361 e. The monoisotopic (exact) mass is 1240 g/mol. The van der Waals surface area contributed by atoms with Gasteiger partial charge in [-0.3, -0.25) is 9.59 Å². The van der Waals surface area contributed by atoms with Crippen molar-refractivity contribution in [3.63, 3.8) is 0 Å². The lowest BCUT2D eigenvalue weighted by atomic mass is 10.0. The third-order valence-electron chi connectivity index (χ3n) is 15.7. The second kappa shape index (κ2) is 69.6. The van der Waals surface area contributed by atoms with Gasteiger partial charge in [0.25, 0.3) is 6.29 Å². The number of carboxylic acids is 1. The molecule has 89 heavy (non-hydrogen) atoms. The van der Waals surface area contributed by atoms with E-state index in [1.54, 1.807) is 0 Å². The average Bonchev–Trinajstić information content (AvgIpc) is 3.64. The van der Waals surface area contributed by atoms with Crippen LogP contribution in [-0.4, -0.2) is 87.4 Å². The lowest BCUT2D eigenvalue weighted by molar-refractivity contribution is -0.870. The number of esters is 2. The lowest BCUT2D eigenvalue weighted by Crippen LogP contribution is -2.40. The maximum absolute atomic E-state index is 12.9. The Labute approximate surface area is 548 Å². The van der Waals surface area contributed by atoms with Crippen molar-refractivity contribution in [2.75, 3.05) is 47.5 Å². The number of allylic oxidation sites excluding steroid dienone is 20. The molecule has 0 heterocycles. The Kier molecular flexibility index (Phi) is 66.2. The van der Waals surface area contributed by atoms with Crippen LogP contribution in [0.4, 0.5) is 0 Å². The van der Waals surface area contributed by atoms with Crippen molar-refractivity contribution < 1.29 is 42.9 Å². The summed E-state index contributed by atoms with van der Waals surface area (Å²) in [5.41, 5.74) is 0. The third-order valence-corrected chi connectivity index (χ3v) is 15.7. The zero-order chi connectivity index (χ0) is 64.7. The number of unbranched alkanes of at least 4 members (excludes halogenated alkanes) is 32. The molecule has 0 fully saturated rings. The number of likely N-dealkylation sites (N-methyl/N-ethyl adjacent to an activating group) is 1. The Morgan fingerprint density at radius 3 is 0.899 bits per heavy atom. The van der Waals surface area contributed by atoms with E-state index < -0.39 is 24.3 Å². The van der Waals surface area contributed by atoms with Crippen LogP contribution in [0.25, 0.3) is 0 Å². The van der Waals surface area contributed by atoms with Crippen LogP contribution in [0, 0.1) is 0 Å². The van der Waals surface area contributed by atoms with Crippen molar-refractivity contribution in [1.29, 1.82) is 0 Å². The summed E-state index contributed by atoms with van der Waals surface area (Å²) in [5.74, 6) is -2.02. The number of nitrogens with zero attached hydrogens (tertiary/aromatic N) is 1. The molecule has 0 saturated carbocycles. The zero-order valence-electron chi connectivity index (χ0n) is 58.3. The molecule has 1 N–H and O–H groups in total. The number of rotatable bonds is 67. The van der Waals surface area contributed by atoms with Gasteiger partial charge in [-0.15, -0.1) is 0 Å². The molecule has 0 aliphatic carbocycles. The van der Waals surface area contributed by atoms with Gasteiger partial charge in [0.1, 0.15) is 13.2 Å². The molecule has 0 aromatic heterocycles. The maximum atomic E-state index is 12.9. The van der Waals surface area contributed by atoms with E-state index in [1.165, 1.54) is 154 Å². The fraction of sp³-hybridized carbons (Fsp3) is 0.713. The summed E-state index contributed by atoms with van der Waals surface area (Å²) in [6.07, 6.45) is 96.2. The highest BCUT2D eigenvalue weighted by atomic mass is 16.7. The Morgan fingerprint density at radius 2 is 0.607 bits per heavy atom. The third kappa shape index (κ3) is 71.0. The molecule has 2 atom stereocenters. The molecule has 0 rings (SSSR count). The Hall–Kier alpha value is -4.31. The first-order chi connectivity index (χ1) is 43.6. The number of carbonyl (C=O) groups is 3. The summed E-state index contributed by atoms with van der Waals surface area (Å²) in [7, 11) is 5.97. The van der Waals surface area contributed by atoms with Crippen molar-refractivity contribution in [3.8, 4) is 0 Å².